The average molecular weight is 561 g/mol. The molecule has 0 atom stereocenters. The number of methoxy groups -OCH3 is 1. The molecule has 1 amide bonds. The van der Waals surface area contributed by atoms with E-state index in [0.717, 1.165) is 17.7 Å². The van der Waals surface area contributed by atoms with E-state index in [2.05, 4.69) is 15.6 Å². The van der Waals surface area contributed by atoms with Gasteiger partial charge in [-0.3, -0.25) is 9.36 Å². The van der Waals surface area contributed by atoms with Gasteiger partial charge in [0.2, 0.25) is 0 Å². The van der Waals surface area contributed by atoms with Crippen molar-refractivity contribution in [3.8, 4) is 11.8 Å². The maximum Gasteiger partial charge on any atom is 0.417 e. The first-order valence-corrected chi connectivity index (χ1v) is 11.8. The second-order valence-corrected chi connectivity index (χ2v) is 8.50. The molecule has 2 N–H and O–H groups in total. The third-order valence-corrected chi connectivity index (χ3v) is 5.64. The second-order valence-electron chi connectivity index (χ2n) is 7.66. The van der Waals surface area contributed by atoms with E-state index in [-0.39, 0.29) is 43.0 Å². The fourth-order valence-corrected chi connectivity index (χ4v) is 3.64. The SMILES string of the molecule is CNc1nc(Oc2ccc(Cl)c(C(F)(F)F)c2)n(Cc2ccc(Cl)cc2)c1C(=O)NCCOCCOC. The predicted octanol–water partition coefficient (Wildman–Crippen LogP) is 5.48. The van der Waals surface area contributed by atoms with E-state index < -0.39 is 22.7 Å². The number of hydrogen-bond donors (Lipinski definition) is 2. The van der Waals surface area contributed by atoms with Crippen molar-refractivity contribution in [2.75, 3.05) is 45.8 Å². The van der Waals surface area contributed by atoms with Gasteiger partial charge in [0.25, 0.3) is 5.91 Å². The highest BCUT2D eigenvalue weighted by atomic mass is 35.5. The molecule has 0 bridgehead atoms. The van der Waals surface area contributed by atoms with Crippen LogP contribution >= 0.6 is 23.2 Å². The summed E-state index contributed by atoms with van der Waals surface area (Å²) in [6.45, 7) is 1.38. The van der Waals surface area contributed by atoms with Crippen LogP contribution in [0, 0.1) is 0 Å². The lowest BCUT2D eigenvalue weighted by Gasteiger charge is -2.14. The Bertz CT molecular complexity index is 1200. The van der Waals surface area contributed by atoms with Crippen LogP contribution in [-0.4, -0.2) is 56.0 Å². The van der Waals surface area contributed by atoms with Gasteiger partial charge in [-0.2, -0.15) is 18.2 Å². The number of alkyl halides is 3. The highest BCUT2D eigenvalue weighted by Crippen LogP contribution is 2.38. The first-order valence-electron chi connectivity index (χ1n) is 11.1. The van der Waals surface area contributed by atoms with Crippen molar-refractivity contribution in [2.24, 2.45) is 0 Å². The number of rotatable bonds is 12. The van der Waals surface area contributed by atoms with E-state index >= 15 is 0 Å². The number of aromatic nitrogens is 2. The number of hydrogen-bond acceptors (Lipinski definition) is 6. The number of nitrogens with zero attached hydrogens (tertiary/aromatic N) is 2. The molecule has 0 aliphatic heterocycles. The van der Waals surface area contributed by atoms with Gasteiger partial charge in [0.1, 0.15) is 5.75 Å². The lowest BCUT2D eigenvalue weighted by molar-refractivity contribution is -0.137. The fraction of sp³-hybridized carbons (Fsp3) is 0.333. The zero-order valence-corrected chi connectivity index (χ0v) is 21.5. The van der Waals surface area contributed by atoms with Crippen LogP contribution < -0.4 is 15.4 Å². The lowest BCUT2D eigenvalue weighted by Crippen LogP contribution is -2.30. The molecule has 0 spiro atoms. The first-order chi connectivity index (χ1) is 17.6. The van der Waals surface area contributed by atoms with Gasteiger partial charge in [0.05, 0.1) is 37.0 Å². The number of carbonyl (C=O) groups is 1. The van der Waals surface area contributed by atoms with Gasteiger partial charge < -0.3 is 24.8 Å². The van der Waals surface area contributed by atoms with Gasteiger partial charge in [-0.25, -0.2) is 0 Å². The minimum atomic E-state index is -4.68. The summed E-state index contributed by atoms with van der Waals surface area (Å²) in [5.41, 5.74) is -0.185. The van der Waals surface area contributed by atoms with Crippen LogP contribution in [0.15, 0.2) is 42.5 Å². The van der Waals surface area contributed by atoms with Crippen molar-refractivity contribution in [1.29, 1.82) is 0 Å². The van der Waals surface area contributed by atoms with Crippen LogP contribution in [0.4, 0.5) is 19.0 Å². The monoisotopic (exact) mass is 560 g/mol. The fourth-order valence-electron chi connectivity index (χ4n) is 3.29. The van der Waals surface area contributed by atoms with Crippen LogP contribution in [-0.2, 0) is 22.2 Å². The van der Waals surface area contributed by atoms with E-state index in [0.29, 0.717) is 18.2 Å². The topological polar surface area (TPSA) is 86.6 Å². The Kier molecular flexibility index (Phi) is 10.0. The molecular weight excluding hydrogens is 536 g/mol. The highest BCUT2D eigenvalue weighted by molar-refractivity contribution is 6.31. The summed E-state index contributed by atoms with van der Waals surface area (Å²) in [6.07, 6.45) is -4.68. The number of nitrogens with one attached hydrogen (secondary N) is 2. The molecule has 0 aliphatic carbocycles. The van der Waals surface area contributed by atoms with Crippen molar-refractivity contribution < 1.29 is 32.2 Å². The number of carbonyl (C=O) groups excluding carboxylic acids is 1. The number of benzene rings is 2. The maximum atomic E-state index is 13.4. The summed E-state index contributed by atoms with van der Waals surface area (Å²) >= 11 is 11.7. The molecule has 1 aromatic heterocycles. The Labute approximate surface area is 221 Å². The van der Waals surface area contributed by atoms with E-state index in [1.807, 2.05) is 0 Å². The average Bonchev–Trinajstić information content (AvgIpc) is 3.19. The minimum absolute atomic E-state index is 0.101. The van der Waals surface area contributed by atoms with Crippen LogP contribution in [0.1, 0.15) is 21.6 Å². The molecule has 0 saturated carbocycles. The van der Waals surface area contributed by atoms with Crippen molar-refractivity contribution in [3.63, 3.8) is 0 Å². The summed E-state index contributed by atoms with van der Waals surface area (Å²) in [5.74, 6) is -0.463. The number of imidazole rings is 1. The summed E-state index contributed by atoms with van der Waals surface area (Å²) < 4.78 is 57.6. The molecule has 0 radical (unpaired) electrons. The Morgan fingerprint density at radius 2 is 1.81 bits per heavy atom. The van der Waals surface area contributed by atoms with Crippen molar-refractivity contribution in [1.82, 2.24) is 14.9 Å². The van der Waals surface area contributed by atoms with Crippen molar-refractivity contribution >= 4 is 34.9 Å². The third kappa shape index (κ3) is 7.75. The normalized spacial score (nSPS) is 11.4. The molecule has 3 rings (SSSR count). The third-order valence-electron chi connectivity index (χ3n) is 5.05. The van der Waals surface area contributed by atoms with Crippen molar-refractivity contribution in [3.05, 3.63) is 69.3 Å². The number of amides is 1. The Morgan fingerprint density at radius 3 is 2.46 bits per heavy atom. The second kappa shape index (κ2) is 13.0. The van der Waals surface area contributed by atoms with E-state index in [1.54, 1.807) is 38.4 Å². The van der Waals surface area contributed by atoms with Crippen LogP contribution in [0.25, 0.3) is 0 Å². The van der Waals surface area contributed by atoms with Crippen molar-refractivity contribution in [2.45, 2.75) is 12.7 Å². The number of halogens is 5. The smallest absolute Gasteiger partial charge is 0.417 e. The van der Waals surface area contributed by atoms with Gasteiger partial charge >= 0.3 is 12.2 Å². The first kappa shape index (κ1) is 28.6. The minimum Gasteiger partial charge on any atom is -0.425 e. The Balaban J connectivity index is 1.94. The van der Waals surface area contributed by atoms with E-state index in [1.165, 1.54) is 10.6 Å². The number of anilines is 1. The molecule has 3 aromatic rings. The molecule has 13 heteroatoms. The van der Waals surface area contributed by atoms with Gasteiger partial charge in [-0.05, 0) is 35.9 Å². The molecule has 2 aromatic carbocycles. The van der Waals surface area contributed by atoms with Gasteiger partial charge in [-0.1, -0.05) is 35.3 Å². The molecule has 1 heterocycles. The van der Waals surface area contributed by atoms with Crippen LogP contribution in [0.5, 0.6) is 11.8 Å². The molecule has 0 saturated heterocycles. The molecule has 8 nitrogen and oxygen atoms in total. The highest BCUT2D eigenvalue weighted by Gasteiger charge is 2.34. The van der Waals surface area contributed by atoms with Gasteiger partial charge in [0.15, 0.2) is 11.5 Å². The Morgan fingerprint density at radius 1 is 1.08 bits per heavy atom. The molecule has 0 fully saturated rings. The van der Waals surface area contributed by atoms with Crippen LogP contribution in [0.3, 0.4) is 0 Å². The Hall–Kier alpha value is -2.99. The van der Waals surface area contributed by atoms with E-state index in [9.17, 15) is 18.0 Å². The summed E-state index contributed by atoms with van der Waals surface area (Å²) in [5, 5.41) is 5.65. The van der Waals surface area contributed by atoms with Gasteiger partial charge in [0, 0.05) is 25.7 Å². The molecule has 0 aliphatic rings. The number of ether oxygens (including phenoxy) is 3. The zero-order valence-electron chi connectivity index (χ0n) is 20.0. The van der Waals surface area contributed by atoms with E-state index in [4.69, 9.17) is 37.4 Å². The predicted molar refractivity (Wildman–Crippen MR) is 134 cm³/mol. The molecular formula is C24H25Cl2F3N4O4. The maximum absolute atomic E-state index is 13.4. The van der Waals surface area contributed by atoms with Gasteiger partial charge in [-0.15, -0.1) is 0 Å². The summed E-state index contributed by atoms with van der Waals surface area (Å²) in [4.78, 5) is 17.5. The molecule has 37 heavy (non-hydrogen) atoms. The molecule has 0 unspecified atom stereocenters. The summed E-state index contributed by atoms with van der Waals surface area (Å²) in [6, 6.07) is 9.91. The summed E-state index contributed by atoms with van der Waals surface area (Å²) in [7, 11) is 3.12. The van der Waals surface area contributed by atoms with Crippen LogP contribution in [0.2, 0.25) is 10.0 Å². The standard InChI is InChI=1S/C24H25Cl2F3N4O4/c1-30-21-20(22(34)31-9-10-36-12-11-35-2)33(14-15-3-5-16(25)6-4-15)23(32-21)37-17-7-8-19(26)18(13-17)24(27,28)29/h3-8,13,30H,9-12,14H2,1-2H3,(H,31,34). The zero-order chi connectivity index (χ0) is 27.0. The largest absolute Gasteiger partial charge is 0.425 e. The lowest BCUT2D eigenvalue weighted by atomic mass is 10.2. The molecule has 200 valence electrons. The quantitative estimate of drug-likeness (QED) is 0.285.